The molecule has 1 heterocycles. The summed E-state index contributed by atoms with van der Waals surface area (Å²) in [6.07, 6.45) is 0. The molecule has 3 rings (SSSR count). The van der Waals surface area contributed by atoms with E-state index in [0.717, 1.165) is 16.5 Å². The van der Waals surface area contributed by atoms with Gasteiger partial charge in [0.2, 0.25) is 0 Å². The van der Waals surface area contributed by atoms with E-state index >= 15 is 0 Å². The van der Waals surface area contributed by atoms with Crippen molar-refractivity contribution in [2.45, 2.75) is 41.9 Å². The van der Waals surface area contributed by atoms with E-state index in [1.54, 1.807) is 36.0 Å². The van der Waals surface area contributed by atoms with Crippen LogP contribution in [0.5, 0.6) is 0 Å². The second-order valence-corrected chi connectivity index (χ2v) is 8.92. The number of hydrogen-bond acceptors (Lipinski definition) is 5. The Morgan fingerprint density at radius 3 is 2.35 bits per heavy atom. The Balaban J connectivity index is 1.78. The van der Waals surface area contributed by atoms with Crippen LogP contribution in [0.2, 0.25) is 0 Å². The van der Waals surface area contributed by atoms with Crippen molar-refractivity contribution in [2.24, 2.45) is 0 Å². The van der Waals surface area contributed by atoms with E-state index in [-0.39, 0.29) is 5.75 Å². The van der Waals surface area contributed by atoms with Gasteiger partial charge in [-0.1, -0.05) is 59.8 Å². The van der Waals surface area contributed by atoms with Crippen LogP contribution in [0.25, 0.3) is 0 Å². The predicted molar refractivity (Wildman–Crippen MR) is 104 cm³/mol. The van der Waals surface area contributed by atoms with Gasteiger partial charge in [0.05, 0.1) is 4.90 Å². The molecule has 1 aromatic heterocycles. The van der Waals surface area contributed by atoms with Gasteiger partial charge in [0.25, 0.3) is 0 Å². The van der Waals surface area contributed by atoms with E-state index in [0.29, 0.717) is 17.3 Å². The molecule has 26 heavy (non-hydrogen) atoms. The molecule has 0 bridgehead atoms. The van der Waals surface area contributed by atoms with Gasteiger partial charge in [0.15, 0.2) is 15.0 Å². The Labute approximate surface area is 158 Å². The lowest BCUT2D eigenvalue weighted by atomic mass is 10.2. The zero-order chi connectivity index (χ0) is 18.6. The molecule has 0 aliphatic carbocycles. The third-order valence-electron chi connectivity index (χ3n) is 4.02. The number of aromatic nitrogens is 3. The lowest BCUT2D eigenvalue weighted by Gasteiger charge is -2.08. The summed E-state index contributed by atoms with van der Waals surface area (Å²) in [6.45, 7) is 4.53. The van der Waals surface area contributed by atoms with E-state index in [1.807, 2.05) is 36.6 Å². The number of nitrogens with zero attached hydrogens (tertiary/aromatic N) is 3. The van der Waals surface area contributed by atoms with E-state index in [2.05, 4.69) is 22.3 Å². The number of rotatable bonds is 7. The molecular formula is C19H21N3O2S2. The highest BCUT2D eigenvalue weighted by Crippen LogP contribution is 2.24. The average Bonchev–Trinajstić information content (AvgIpc) is 3.02. The van der Waals surface area contributed by atoms with Crippen LogP contribution in [0.1, 0.15) is 23.9 Å². The summed E-state index contributed by atoms with van der Waals surface area (Å²) in [5.74, 6) is 1.09. The molecule has 0 amide bonds. The summed E-state index contributed by atoms with van der Waals surface area (Å²) in [4.78, 5) is 0.312. The number of aryl methyl sites for hydroxylation is 1. The van der Waals surface area contributed by atoms with Crippen LogP contribution in [0.3, 0.4) is 0 Å². The number of sulfone groups is 1. The lowest BCUT2D eigenvalue weighted by molar-refractivity contribution is 0.588. The first-order valence-corrected chi connectivity index (χ1v) is 11.0. The summed E-state index contributed by atoms with van der Waals surface area (Å²) in [5, 5.41) is 9.09. The van der Waals surface area contributed by atoms with Crippen LogP contribution in [0, 0.1) is 6.92 Å². The van der Waals surface area contributed by atoms with Gasteiger partial charge < -0.3 is 4.57 Å². The van der Waals surface area contributed by atoms with Gasteiger partial charge in [-0.3, -0.25) is 0 Å². The minimum Gasteiger partial charge on any atom is -0.305 e. The van der Waals surface area contributed by atoms with E-state index < -0.39 is 9.84 Å². The lowest BCUT2D eigenvalue weighted by Crippen LogP contribution is -2.11. The van der Waals surface area contributed by atoms with Crippen molar-refractivity contribution in [3.8, 4) is 0 Å². The van der Waals surface area contributed by atoms with E-state index in [4.69, 9.17) is 0 Å². The molecule has 2 aromatic carbocycles. The van der Waals surface area contributed by atoms with Gasteiger partial charge in [-0.2, -0.15) is 0 Å². The first-order chi connectivity index (χ1) is 12.5. The maximum Gasteiger partial charge on any atom is 0.191 e. The van der Waals surface area contributed by atoms with Crippen molar-refractivity contribution in [2.75, 3.05) is 0 Å². The highest BCUT2D eigenvalue weighted by molar-refractivity contribution is 7.98. The van der Waals surface area contributed by atoms with Crippen LogP contribution in [0.4, 0.5) is 0 Å². The standard InChI is InChI=1S/C19H21N3O2S2/c1-3-22-18(14-26(23,24)17-11-9-15(2)10-12-17)20-21-19(22)25-13-16-7-5-4-6-8-16/h4-12H,3,13-14H2,1-2H3. The second-order valence-electron chi connectivity index (χ2n) is 5.99. The fourth-order valence-electron chi connectivity index (χ4n) is 2.57. The fraction of sp³-hybridized carbons (Fsp3) is 0.263. The summed E-state index contributed by atoms with van der Waals surface area (Å²) >= 11 is 1.56. The van der Waals surface area contributed by atoms with Gasteiger partial charge in [0, 0.05) is 12.3 Å². The van der Waals surface area contributed by atoms with Gasteiger partial charge in [0.1, 0.15) is 11.6 Å². The quantitative estimate of drug-likeness (QED) is 0.576. The van der Waals surface area contributed by atoms with Gasteiger partial charge in [-0.15, -0.1) is 10.2 Å². The molecule has 0 spiro atoms. The molecule has 0 unspecified atom stereocenters. The van der Waals surface area contributed by atoms with Crippen molar-refractivity contribution >= 4 is 21.6 Å². The first kappa shape index (κ1) is 18.7. The highest BCUT2D eigenvalue weighted by Gasteiger charge is 2.21. The summed E-state index contributed by atoms with van der Waals surface area (Å²) in [5.41, 5.74) is 2.22. The van der Waals surface area contributed by atoms with Crippen molar-refractivity contribution in [1.82, 2.24) is 14.8 Å². The minimum absolute atomic E-state index is 0.150. The topological polar surface area (TPSA) is 64.8 Å². The Kier molecular flexibility index (Phi) is 5.78. The number of thioether (sulfide) groups is 1. The minimum atomic E-state index is -3.45. The van der Waals surface area contributed by atoms with E-state index in [1.165, 1.54) is 5.56 Å². The maximum atomic E-state index is 12.7. The molecule has 3 aromatic rings. The van der Waals surface area contributed by atoms with Gasteiger partial charge >= 0.3 is 0 Å². The summed E-state index contributed by atoms with van der Waals surface area (Å²) in [7, 11) is -3.45. The Morgan fingerprint density at radius 1 is 1.00 bits per heavy atom. The van der Waals surface area contributed by atoms with Crippen molar-refractivity contribution in [3.05, 3.63) is 71.5 Å². The molecule has 0 radical (unpaired) electrons. The zero-order valence-electron chi connectivity index (χ0n) is 14.8. The van der Waals surface area contributed by atoms with Gasteiger partial charge in [-0.25, -0.2) is 8.42 Å². The molecule has 7 heteroatoms. The fourth-order valence-corrected chi connectivity index (χ4v) is 4.82. The van der Waals surface area contributed by atoms with Crippen LogP contribution >= 0.6 is 11.8 Å². The van der Waals surface area contributed by atoms with Crippen LogP contribution in [-0.4, -0.2) is 23.2 Å². The summed E-state index contributed by atoms with van der Waals surface area (Å²) < 4.78 is 27.2. The van der Waals surface area contributed by atoms with Crippen LogP contribution < -0.4 is 0 Å². The molecule has 136 valence electrons. The molecule has 0 aliphatic rings. The van der Waals surface area contributed by atoms with Crippen molar-refractivity contribution < 1.29 is 8.42 Å². The molecule has 0 aliphatic heterocycles. The molecule has 0 atom stereocenters. The van der Waals surface area contributed by atoms with E-state index in [9.17, 15) is 8.42 Å². The molecule has 0 fully saturated rings. The normalized spacial score (nSPS) is 11.6. The largest absolute Gasteiger partial charge is 0.305 e. The molecule has 5 nitrogen and oxygen atoms in total. The zero-order valence-corrected chi connectivity index (χ0v) is 16.4. The van der Waals surface area contributed by atoms with Gasteiger partial charge in [-0.05, 0) is 31.5 Å². The average molecular weight is 388 g/mol. The highest BCUT2D eigenvalue weighted by atomic mass is 32.2. The first-order valence-electron chi connectivity index (χ1n) is 8.38. The molecule has 0 N–H and O–H groups in total. The third kappa shape index (κ3) is 4.34. The smallest absolute Gasteiger partial charge is 0.191 e. The third-order valence-corrected chi connectivity index (χ3v) is 6.69. The Hall–Kier alpha value is -2.12. The summed E-state index contributed by atoms with van der Waals surface area (Å²) in [6, 6.07) is 17.0. The second kappa shape index (κ2) is 8.05. The molecule has 0 saturated heterocycles. The molecular weight excluding hydrogens is 366 g/mol. The number of benzene rings is 2. The SMILES string of the molecule is CCn1c(CS(=O)(=O)c2ccc(C)cc2)nnc1SCc1ccccc1. The maximum absolute atomic E-state index is 12.7. The van der Waals surface area contributed by atoms with Crippen molar-refractivity contribution in [1.29, 1.82) is 0 Å². The predicted octanol–water partition coefficient (Wildman–Crippen LogP) is 3.87. The molecule has 0 saturated carbocycles. The number of hydrogen-bond donors (Lipinski definition) is 0. The Morgan fingerprint density at radius 2 is 1.69 bits per heavy atom. The van der Waals surface area contributed by atoms with Crippen molar-refractivity contribution in [3.63, 3.8) is 0 Å². The monoisotopic (exact) mass is 387 g/mol. The van der Waals surface area contributed by atoms with Crippen LogP contribution in [0.15, 0.2) is 64.6 Å². The Bertz CT molecular complexity index is 966. The van der Waals surface area contributed by atoms with Crippen LogP contribution in [-0.2, 0) is 27.9 Å².